The van der Waals surface area contributed by atoms with E-state index in [1.165, 1.54) is 11.3 Å². The van der Waals surface area contributed by atoms with Gasteiger partial charge in [0.05, 0.1) is 4.92 Å². The normalized spacial score (nSPS) is 17.6. The van der Waals surface area contributed by atoms with Crippen LogP contribution in [0.2, 0.25) is 0 Å². The van der Waals surface area contributed by atoms with Crippen molar-refractivity contribution < 1.29 is 4.92 Å². The van der Waals surface area contributed by atoms with Crippen LogP contribution in [0.5, 0.6) is 0 Å². The molecule has 1 aliphatic rings. The minimum absolute atomic E-state index is 0.106. The molecule has 1 aromatic heterocycles. The van der Waals surface area contributed by atoms with Gasteiger partial charge in [0.15, 0.2) is 0 Å². The third-order valence-corrected chi connectivity index (χ3v) is 4.33. The summed E-state index contributed by atoms with van der Waals surface area (Å²) in [6.07, 6.45) is 5.15. The van der Waals surface area contributed by atoms with Gasteiger partial charge in [-0.25, -0.2) is 0 Å². The summed E-state index contributed by atoms with van der Waals surface area (Å²) < 4.78 is 2.14. The largest absolute Gasteiger partial charge is 0.324 e. The van der Waals surface area contributed by atoms with Crippen LogP contribution in [0.4, 0.5) is 5.69 Å². The molecule has 0 aliphatic heterocycles. The van der Waals surface area contributed by atoms with Crippen molar-refractivity contribution in [1.82, 2.24) is 4.57 Å². The molecule has 5 heteroatoms. The number of nitro groups is 1. The Balaban J connectivity index is 2.14. The molecule has 0 bridgehead atoms. The summed E-state index contributed by atoms with van der Waals surface area (Å²) in [6.45, 7) is 3.69. The Labute approximate surface area is 123 Å². The molecule has 0 amide bonds. The second-order valence-corrected chi connectivity index (χ2v) is 5.77. The zero-order valence-electron chi connectivity index (χ0n) is 12.3. The third kappa shape index (κ3) is 2.23. The third-order valence-electron chi connectivity index (χ3n) is 4.33. The first kappa shape index (κ1) is 13.8. The van der Waals surface area contributed by atoms with Crippen LogP contribution >= 0.6 is 0 Å². The molecule has 1 heterocycles. The van der Waals surface area contributed by atoms with Gasteiger partial charge in [-0.2, -0.15) is 0 Å². The first-order valence-corrected chi connectivity index (χ1v) is 7.20. The van der Waals surface area contributed by atoms with Gasteiger partial charge in [0.1, 0.15) is 0 Å². The predicted octanol–water partition coefficient (Wildman–Crippen LogP) is 3.34. The van der Waals surface area contributed by atoms with Crippen molar-refractivity contribution in [3.63, 3.8) is 0 Å². The van der Waals surface area contributed by atoms with Crippen molar-refractivity contribution in [2.45, 2.75) is 39.2 Å². The Hall–Kier alpha value is -2.14. The molecule has 1 aliphatic carbocycles. The first-order valence-electron chi connectivity index (χ1n) is 7.20. The molecule has 1 atom stereocenters. The van der Waals surface area contributed by atoms with Gasteiger partial charge in [-0.1, -0.05) is 0 Å². The van der Waals surface area contributed by atoms with Gasteiger partial charge in [0, 0.05) is 35.2 Å². The topological polar surface area (TPSA) is 74.1 Å². The van der Waals surface area contributed by atoms with E-state index in [2.05, 4.69) is 10.6 Å². The number of aryl methyl sites for hydroxylation is 2. The van der Waals surface area contributed by atoms with Crippen LogP contribution in [0, 0.1) is 24.0 Å². The minimum atomic E-state index is -0.326. The van der Waals surface area contributed by atoms with Gasteiger partial charge in [-0.05, 0) is 56.4 Å². The highest BCUT2D eigenvalue weighted by molar-refractivity contribution is 5.54. The van der Waals surface area contributed by atoms with E-state index in [1.54, 1.807) is 13.0 Å². The Morgan fingerprint density at radius 1 is 1.33 bits per heavy atom. The molecular formula is C16H19N3O2. The molecule has 110 valence electrons. The van der Waals surface area contributed by atoms with Crippen LogP contribution in [0.3, 0.4) is 0 Å². The standard InChI is InChI=1S/C16H19N3O2/c1-10-9-16(19(20)21)11(2)8-15(10)18-7-6-12-13(17)4-3-5-14(12)18/h6-9,13H,3-5,17H2,1-2H3. The molecule has 21 heavy (non-hydrogen) atoms. The van der Waals surface area contributed by atoms with Gasteiger partial charge in [-0.3, -0.25) is 10.1 Å². The van der Waals surface area contributed by atoms with Gasteiger partial charge in [0.25, 0.3) is 5.69 Å². The highest BCUT2D eigenvalue weighted by atomic mass is 16.6. The fraction of sp³-hybridized carbons (Fsp3) is 0.375. The number of benzene rings is 1. The summed E-state index contributed by atoms with van der Waals surface area (Å²) in [5.41, 5.74) is 11.4. The van der Waals surface area contributed by atoms with Gasteiger partial charge >= 0.3 is 0 Å². The van der Waals surface area contributed by atoms with E-state index in [1.807, 2.05) is 19.2 Å². The minimum Gasteiger partial charge on any atom is -0.324 e. The Morgan fingerprint density at radius 2 is 2.10 bits per heavy atom. The molecule has 0 fully saturated rings. The maximum absolute atomic E-state index is 11.0. The van der Waals surface area contributed by atoms with Gasteiger partial charge < -0.3 is 10.3 Å². The fourth-order valence-corrected chi connectivity index (χ4v) is 3.20. The number of nitrogens with zero attached hydrogens (tertiary/aromatic N) is 2. The lowest BCUT2D eigenvalue weighted by Crippen LogP contribution is -2.18. The quantitative estimate of drug-likeness (QED) is 0.679. The number of aromatic nitrogens is 1. The molecule has 0 saturated carbocycles. The number of nitrogens with two attached hydrogens (primary N) is 1. The van der Waals surface area contributed by atoms with Gasteiger partial charge in [-0.15, -0.1) is 0 Å². The van der Waals surface area contributed by atoms with Gasteiger partial charge in [0.2, 0.25) is 0 Å². The van der Waals surface area contributed by atoms with Crippen LogP contribution in [-0.2, 0) is 6.42 Å². The van der Waals surface area contributed by atoms with Crippen molar-refractivity contribution in [2.24, 2.45) is 5.73 Å². The number of hydrogen-bond acceptors (Lipinski definition) is 3. The number of nitro benzene ring substituents is 1. The average molecular weight is 285 g/mol. The van der Waals surface area contributed by atoms with Crippen molar-refractivity contribution in [2.75, 3.05) is 0 Å². The predicted molar refractivity (Wildman–Crippen MR) is 81.8 cm³/mol. The highest BCUT2D eigenvalue weighted by Crippen LogP contribution is 2.33. The molecule has 0 spiro atoms. The molecule has 0 saturated heterocycles. The molecule has 5 nitrogen and oxygen atoms in total. The summed E-state index contributed by atoms with van der Waals surface area (Å²) in [5, 5.41) is 11.0. The molecule has 1 unspecified atom stereocenters. The fourth-order valence-electron chi connectivity index (χ4n) is 3.20. The number of hydrogen-bond donors (Lipinski definition) is 1. The molecule has 2 N–H and O–H groups in total. The smallest absolute Gasteiger partial charge is 0.272 e. The zero-order chi connectivity index (χ0) is 15.1. The van der Waals surface area contributed by atoms with Crippen molar-refractivity contribution in [3.8, 4) is 5.69 Å². The van der Waals surface area contributed by atoms with Crippen LogP contribution in [-0.4, -0.2) is 9.49 Å². The second-order valence-electron chi connectivity index (χ2n) is 5.77. The second kappa shape index (κ2) is 5.00. The zero-order valence-corrected chi connectivity index (χ0v) is 12.3. The van der Waals surface area contributed by atoms with E-state index in [-0.39, 0.29) is 16.7 Å². The lowest BCUT2D eigenvalue weighted by Gasteiger charge is -2.21. The monoisotopic (exact) mass is 285 g/mol. The van der Waals surface area contributed by atoms with Crippen molar-refractivity contribution >= 4 is 5.69 Å². The average Bonchev–Trinajstić information content (AvgIpc) is 2.86. The van der Waals surface area contributed by atoms with E-state index in [0.717, 1.165) is 30.5 Å². The maximum Gasteiger partial charge on any atom is 0.272 e. The van der Waals surface area contributed by atoms with E-state index < -0.39 is 0 Å². The number of fused-ring (bicyclic) bond motifs is 1. The molecule has 3 rings (SSSR count). The summed E-state index contributed by atoms with van der Waals surface area (Å²) in [5.74, 6) is 0. The van der Waals surface area contributed by atoms with Crippen LogP contribution in [0.1, 0.15) is 41.3 Å². The number of rotatable bonds is 2. The summed E-state index contributed by atoms with van der Waals surface area (Å²) in [6, 6.07) is 5.73. The molecule has 0 radical (unpaired) electrons. The summed E-state index contributed by atoms with van der Waals surface area (Å²) in [7, 11) is 0. The summed E-state index contributed by atoms with van der Waals surface area (Å²) in [4.78, 5) is 10.7. The van der Waals surface area contributed by atoms with Crippen molar-refractivity contribution in [3.05, 3.63) is 56.9 Å². The van der Waals surface area contributed by atoms with E-state index >= 15 is 0 Å². The van der Waals surface area contributed by atoms with Crippen molar-refractivity contribution in [1.29, 1.82) is 0 Å². The highest BCUT2D eigenvalue weighted by Gasteiger charge is 2.22. The van der Waals surface area contributed by atoms with E-state index in [9.17, 15) is 10.1 Å². The lowest BCUT2D eigenvalue weighted by molar-refractivity contribution is -0.385. The Bertz CT molecular complexity index is 719. The Kier molecular flexibility index (Phi) is 3.29. The lowest BCUT2D eigenvalue weighted by atomic mass is 9.93. The Morgan fingerprint density at radius 3 is 2.81 bits per heavy atom. The SMILES string of the molecule is Cc1cc([N+](=O)[O-])c(C)cc1-n1ccc2c1CCCC2N. The molecule has 2 aromatic rings. The van der Waals surface area contributed by atoms with E-state index in [0.29, 0.717) is 5.56 Å². The van der Waals surface area contributed by atoms with Crippen LogP contribution in [0.25, 0.3) is 5.69 Å². The first-order chi connectivity index (χ1) is 9.99. The van der Waals surface area contributed by atoms with E-state index in [4.69, 9.17) is 5.73 Å². The summed E-state index contributed by atoms with van der Waals surface area (Å²) >= 11 is 0. The molecular weight excluding hydrogens is 266 g/mol. The molecule has 1 aromatic carbocycles. The van der Waals surface area contributed by atoms with Crippen LogP contribution in [0.15, 0.2) is 24.4 Å². The maximum atomic E-state index is 11.0. The van der Waals surface area contributed by atoms with Crippen LogP contribution < -0.4 is 5.73 Å².